The lowest BCUT2D eigenvalue weighted by molar-refractivity contribution is 0.0650. The standard InChI is InChI=1S/C19H15NO5/c1-2-9-20-17(22)14-8-7-13(10-15(14)18(20)23)16(21)11-3-5-12(6-4-11)19(24)25/h3-8,10H,2,9H2,1H3,(H,24,25). The van der Waals surface area contributed by atoms with Crippen molar-refractivity contribution in [3.63, 3.8) is 0 Å². The van der Waals surface area contributed by atoms with Gasteiger partial charge in [-0.1, -0.05) is 25.1 Å². The van der Waals surface area contributed by atoms with Crippen molar-refractivity contribution < 1.29 is 24.3 Å². The summed E-state index contributed by atoms with van der Waals surface area (Å²) in [5, 5.41) is 8.90. The van der Waals surface area contributed by atoms with Crippen molar-refractivity contribution in [2.75, 3.05) is 6.54 Å². The SMILES string of the molecule is CCCN1C(=O)c2ccc(C(=O)c3ccc(C(=O)O)cc3)cc2C1=O. The molecule has 0 bridgehead atoms. The van der Waals surface area contributed by atoms with Gasteiger partial charge in [-0.05, 0) is 30.7 Å². The van der Waals surface area contributed by atoms with Crippen LogP contribution in [0.4, 0.5) is 0 Å². The van der Waals surface area contributed by atoms with Gasteiger partial charge in [-0.25, -0.2) is 4.79 Å². The van der Waals surface area contributed by atoms with Gasteiger partial charge < -0.3 is 5.11 Å². The van der Waals surface area contributed by atoms with Crippen molar-refractivity contribution in [3.05, 3.63) is 70.3 Å². The first-order chi connectivity index (χ1) is 11.9. The number of amides is 2. The average molecular weight is 337 g/mol. The molecule has 0 radical (unpaired) electrons. The lowest BCUT2D eigenvalue weighted by atomic mass is 9.98. The second-order valence-electron chi connectivity index (χ2n) is 5.73. The molecular formula is C19H15NO5. The van der Waals surface area contributed by atoms with E-state index in [1.165, 1.54) is 47.4 Å². The number of carbonyl (C=O) groups excluding carboxylic acids is 3. The number of hydrogen-bond donors (Lipinski definition) is 1. The highest BCUT2D eigenvalue weighted by molar-refractivity contribution is 6.22. The van der Waals surface area contributed by atoms with E-state index in [9.17, 15) is 19.2 Å². The Morgan fingerprint density at radius 1 is 0.880 bits per heavy atom. The first-order valence-electron chi connectivity index (χ1n) is 7.82. The molecule has 0 fully saturated rings. The van der Waals surface area contributed by atoms with Gasteiger partial charge in [-0.2, -0.15) is 0 Å². The van der Waals surface area contributed by atoms with Crippen LogP contribution in [0.1, 0.15) is 60.3 Å². The minimum Gasteiger partial charge on any atom is -0.478 e. The summed E-state index contributed by atoms with van der Waals surface area (Å²) < 4.78 is 0. The van der Waals surface area contributed by atoms with E-state index >= 15 is 0 Å². The topological polar surface area (TPSA) is 91.8 Å². The van der Waals surface area contributed by atoms with Crippen LogP contribution in [0.25, 0.3) is 0 Å². The van der Waals surface area contributed by atoms with Gasteiger partial charge in [0.15, 0.2) is 5.78 Å². The van der Waals surface area contributed by atoms with E-state index in [1.54, 1.807) is 0 Å². The molecule has 0 spiro atoms. The first-order valence-corrected chi connectivity index (χ1v) is 7.82. The second kappa shape index (κ2) is 6.32. The number of carboxylic acid groups (broad SMARTS) is 1. The summed E-state index contributed by atoms with van der Waals surface area (Å²) in [5.41, 5.74) is 1.21. The largest absolute Gasteiger partial charge is 0.478 e. The summed E-state index contributed by atoms with van der Waals surface area (Å²) in [5.74, 6) is -2.14. The fourth-order valence-corrected chi connectivity index (χ4v) is 2.79. The molecule has 6 heteroatoms. The summed E-state index contributed by atoms with van der Waals surface area (Å²) in [6.45, 7) is 2.21. The molecule has 3 rings (SSSR count). The molecule has 1 N–H and O–H groups in total. The number of rotatable bonds is 5. The number of nitrogens with zero attached hydrogens (tertiary/aromatic N) is 1. The lowest BCUT2D eigenvalue weighted by Gasteiger charge is -2.11. The predicted octanol–water partition coefficient (Wildman–Crippen LogP) is 2.62. The smallest absolute Gasteiger partial charge is 0.335 e. The number of ketones is 1. The Bertz CT molecular complexity index is 899. The van der Waals surface area contributed by atoms with Gasteiger partial charge in [-0.3, -0.25) is 19.3 Å². The highest BCUT2D eigenvalue weighted by Gasteiger charge is 2.35. The van der Waals surface area contributed by atoms with E-state index < -0.39 is 11.9 Å². The van der Waals surface area contributed by atoms with Crippen LogP contribution in [-0.2, 0) is 0 Å². The molecule has 1 heterocycles. The molecule has 0 saturated carbocycles. The summed E-state index contributed by atoms with van der Waals surface area (Å²) >= 11 is 0. The van der Waals surface area contributed by atoms with Crippen LogP contribution in [0.15, 0.2) is 42.5 Å². The Balaban J connectivity index is 1.93. The van der Waals surface area contributed by atoms with Gasteiger partial charge >= 0.3 is 5.97 Å². The predicted molar refractivity (Wildman–Crippen MR) is 88.9 cm³/mol. The molecule has 126 valence electrons. The van der Waals surface area contributed by atoms with Crippen molar-refractivity contribution in [1.82, 2.24) is 4.90 Å². The Morgan fingerprint density at radius 2 is 1.44 bits per heavy atom. The Hall–Kier alpha value is -3.28. The quantitative estimate of drug-likeness (QED) is 0.669. The van der Waals surface area contributed by atoms with Crippen LogP contribution in [0.3, 0.4) is 0 Å². The van der Waals surface area contributed by atoms with Crippen LogP contribution < -0.4 is 0 Å². The number of carbonyl (C=O) groups is 4. The molecule has 1 aliphatic heterocycles. The molecule has 2 aromatic carbocycles. The number of aromatic carboxylic acids is 1. The number of benzene rings is 2. The highest BCUT2D eigenvalue weighted by atomic mass is 16.4. The summed E-state index contributed by atoms with van der Waals surface area (Å²) in [4.78, 5) is 49.2. The van der Waals surface area contributed by atoms with E-state index in [0.717, 1.165) is 0 Å². The molecule has 6 nitrogen and oxygen atoms in total. The number of imide groups is 1. The molecule has 0 atom stereocenters. The van der Waals surface area contributed by atoms with Gasteiger partial charge in [-0.15, -0.1) is 0 Å². The van der Waals surface area contributed by atoms with Gasteiger partial charge in [0.2, 0.25) is 0 Å². The molecule has 2 amide bonds. The third-order valence-electron chi connectivity index (χ3n) is 4.07. The van der Waals surface area contributed by atoms with Gasteiger partial charge in [0, 0.05) is 17.7 Å². The zero-order valence-electron chi connectivity index (χ0n) is 13.5. The minimum absolute atomic E-state index is 0.0847. The van der Waals surface area contributed by atoms with E-state index in [4.69, 9.17) is 5.11 Å². The van der Waals surface area contributed by atoms with Crippen LogP contribution in [-0.4, -0.2) is 40.1 Å². The third-order valence-corrected chi connectivity index (χ3v) is 4.07. The fraction of sp³-hybridized carbons (Fsp3) is 0.158. The number of hydrogen-bond acceptors (Lipinski definition) is 4. The minimum atomic E-state index is -1.07. The van der Waals surface area contributed by atoms with Crippen molar-refractivity contribution in [1.29, 1.82) is 0 Å². The summed E-state index contributed by atoms with van der Waals surface area (Å²) in [6.07, 6.45) is 0.660. The molecule has 0 aromatic heterocycles. The van der Waals surface area contributed by atoms with E-state index in [1.807, 2.05) is 6.92 Å². The van der Waals surface area contributed by atoms with Crippen molar-refractivity contribution in [2.24, 2.45) is 0 Å². The Morgan fingerprint density at radius 3 is 2.04 bits per heavy atom. The maximum Gasteiger partial charge on any atom is 0.335 e. The average Bonchev–Trinajstić information content (AvgIpc) is 2.86. The molecule has 0 aliphatic carbocycles. The maximum absolute atomic E-state index is 12.6. The van der Waals surface area contributed by atoms with E-state index in [0.29, 0.717) is 24.1 Å². The van der Waals surface area contributed by atoms with Gasteiger partial charge in [0.05, 0.1) is 16.7 Å². The van der Waals surface area contributed by atoms with Crippen LogP contribution in [0.5, 0.6) is 0 Å². The van der Waals surface area contributed by atoms with Gasteiger partial charge in [0.25, 0.3) is 11.8 Å². The van der Waals surface area contributed by atoms with Crippen molar-refractivity contribution in [2.45, 2.75) is 13.3 Å². The summed E-state index contributed by atoms with van der Waals surface area (Å²) in [6, 6.07) is 9.97. The molecular weight excluding hydrogens is 322 g/mol. The van der Waals surface area contributed by atoms with Crippen LogP contribution in [0, 0.1) is 0 Å². The zero-order valence-corrected chi connectivity index (χ0v) is 13.5. The van der Waals surface area contributed by atoms with Crippen molar-refractivity contribution >= 4 is 23.6 Å². The molecule has 2 aromatic rings. The molecule has 1 aliphatic rings. The first kappa shape index (κ1) is 16.6. The second-order valence-corrected chi connectivity index (χ2v) is 5.73. The Kier molecular flexibility index (Phi) is 4.19. The van der Waals surface area contributed by atoms with Crippen LogP contribution in [0.2, 0.25) is 0 Å². The van der Waals surface area contributed by atoms with Crippen LogP contribution >= 0.6 is 0 Å². The monoisotopic (exact) mass is 337 g/mol. The van der Waals surface area contributed by atoms with E-state index in [2.05, 4.69) is 0 Å². The Labute approximate surface area is 143 Å². The highest BCUT2D eigenvalue weighted by Crippen LogP contribution is 2.25. The number of carboxylic acids is 1. The third kappa shape index (κ3) is 2.82. The van der Waals surface area contributed by atoms with Crippen molar-refractivity contribution in [3.8, 4) is 0 Å². The van der Waals surface area contributed by atoms with E-state index in [-0.39, 0.29) is 28.4 Å². The maximum atomic E-state index is 12.6. The zero-order chi connectivity index (χ0) is 18.1. The summed E-state index contributed by atoms with van der Waals surface area (Å²) in [7, 11) is 0. The fourth-order valence-electron chi connectivity index (χ4n) is 2.79. The van der Waals surface area contributed by atoms with Gasteiger partial charge in [0.1, 0.15) is 0 Å². The number of fused-ring (bicyclic) bond motifs is 1. The lowest BCUT2D eigenvalue weighted by Crippen LogP contribution is -2.30. The normalized spacial score (nSPS) is 13.1. The molecule has 25 heavy (non-hydrogen) atoms. The molecule has 0 unspecified atom stereocenters. The molecule has 0 saturated heterocycles.